The van der Waals surface area contributed by atoms with Crippen molar-refractivity contribution in [2.24, 2.45) is 0 Å². The number of amides is 1. The summed E-state index contributed by atoms with van der Waals surface area (Å²) in [6.07, 6.45) is 0. The standard InChI is InChI=1S/C15H14BrNO6/c1-20-9-3-4-11(21-2)10(7-9)17-14(18)8-22-15(19)12-5-6-13(16)23-12/h3-7H,8H2,1-2H3,(H,17,18). The van der Waals surface area contributed by atoms with E-state index in [1.165, 1.54) is 20.3 Å². The van der Waals surface area contributed by atoms with E-state index in [2.05, 4.69) is 21.2 Å². The number of esters is 1. The van der Waals surface area contributed by atoms with Crippen molar-refractivity contribution in [1.82, 2.24) is 0 Å². The maximum Gasteiger partial charge on any atom is 0.374 e. The van der Waals surface area contributed by atoms with Gasteiger partial charge in [0.1, 0.15) is 11.5 Å². The van der Waals surface area contributed by atoms with E-state index in [0.29, 0.717) is 21.9 Å². The van der Waals surface area contributed by atoms with E-state index in [4.69, 9.17) is 18.6 Å². The van der Waals surface area contributed by atoms with Gasteiger partial charge < -0.3 is 23.9 Å². The first kappa shape index (κ1) is 16.9. The van der Waals surface area contributed by atoms with Crippen LogP contribution >= 0.6 is 15.9 Å². The quantitative estimate of drug-likeness (QED) is 0.771. The lowest BCUT2D eigenvalue weighted by atomic mass is 10.2. The molecule has 2 rings (SSSR count). The maximum absolute atomic E-state index is 11.9. The van der Waals surface area contributed by atoms with Crippen molar-refractivity contribution in [3.05, 3.63) is 40.8 Å². The van der Waals surface area contributed by atoms with Gasteiger partial charge in [0.25, 0.3) is 5.91 Å². The highest BCUT2D eigenvalue weighted by Gasteiger charge is 2.15. The lowest BCUT2D eigenvalue weighted by molar-refractivity contribution is -0.119. The van der Waals surface area contributed by atoms with Crippen LogP contribution in [0.2, 0.25) is 0 Å². The first-order valence-corrected chi connectivity index (χ1v) is 7.27. The number of carbonyl (C=O) groups is 2. The molecule has 1 N–H and O–H groups in total. The van der Waals surface area contributed by atoms with Gasteiger partial charge >= 0.3 is 5.97 Å². The minimum Gasteiger partial charge on any atom is -0.497 e. The summed E-state index contributed by atoms with van der Waals surface area (Å²) in [5.74, 6) is -0.235. The monoisotopic (exact) mass is 383 g/mol. The van der Waals surface area contributed by atoms with Gasteiger partial charge in [-0.15, -0.1) is 0 Å². The number of ether oxygens (including phenoxy) is 3. The molecule has 8 heteroatoms. The molecule has 23 heavy (non-hydrogen) atoms. The number of halogens is 1. The highest BCUT2D eigenvalue weighted by atomic mass is 79.9. The second-order valence-electron chi connectivity index (χ2n) is 4.29. The molecule has 1 aromatic carbocycles. The fraction of sp³-hybridized carbons (Fsp3) is 0.200. The van der Waals surface area contributed by atoms with Crippen molar-refractivity contribution in [3.8, 4) is 11.5 Å². The molecule has 0 aliphatic rings. The molecule has 0 atom stereocenters. The van der Waals surface area contributed by atoms with Crippen LogP contribution in [0, 0.1) is 0 Å². The molecule has 0 aliphatic carbocycles. The Bertz CT molecular complexity index is 712. The molecule has 0 aliphatic heterocycles. The number of anilines is 1. The van der Waals surface area contributed by atoms with Gasteiger partial charge in [-0.1, -0.05) is 0 Å². The van der Waals surface area contributed by atoms with Gasteiger partial charge in [0, 0.05) is 6.07 Å². The van der Waals surface area contributed by atoms with Crippen molar-refractivity contribution in [1.29, 1.82) is 0 Å². The van der Waals surface area contributed by atoms with E-state index in [1.807, 2.05) is 0 Å². The molecule has 122 valence electrons. The lowest BCUT2D eigenvalue weighted by Gasteiger charge is -2.11. The van der Waals surface area contributed by atoms with Crippen molar-refractivity contribution in [2.75, 3.05) is 26.1 Å². The Balaban J connectivity index is 1.95. The van der Waals surface area contributed by atoms with Gasteiger partial charge in [-0.05, 0) is 40.2 Å². The minimum absolute atomic E-state index is 0.00337. The first-order chi connectivity index (χ1) is 11.0. The van der Waals surface area contributed by atoms with Crippen LogP contribution in [0.4, 0.5) is 5.69 Å². The van der Waals surface area contributed by atoms with Crippen LogP contribution in [-0.4, -0.2) is 32.7 Å². The van der Waals surface area contributed by atoms with Crippen molar-refractivity contribution in [2.45, 2.75) is 0 Å². The van der Waals surface area contributed by atoms with Crippen molar-refractivity contribution in [3.63, 3.8) is 0 Å². The van der Waals surface area contributed by atoms with Crippen LogP contribution in [0.1, 0.15) is 10.6 Å². The molecule has 2 aromatic rings. The van der Waals surface area contributed by atoms with Gasteiger partial charge in [0.2, 0.25) is 5.76 Å². The Labute approximate surface area is 140 Å². The van der Waals surface area contributed by atoms with Crippen LogP contribution in [0.5, 0.6) is 11.5 Å². The SMILES string of the molecule is COc1ccc(OC)c(NC(=O)COC(=O)c2ccc(Br)o2)c1. The van der Waals surface area contributed by atoms with Crippen LogP contribution in [0.3, 0.4) is 0 Å². The second kappa shape index (κ2) is 7.68. The van der Waals surface area contributed by atoms with E-state index >= 15 is 0 Å². The van der Waals surface area contributed by atoms with Crippen LogP contribution in [0.15, 0.2) is 39.4 Å². The van der Waals surface area contributed by atoms with Crippen LogP contribution < -0.4 is 14.8 Å². The maximum atomic E-state index is 11.9. The van der Waals surface area contributed by atoms with E-state index in [9.17, 15) is 9.59 Å². The average molecular weight is 384 g/mol. The lowest BCUT2D eigenvalue weighted by Crippen LogP contribution is -2.21. The Morgan fingerprint density at radius 2 is 1.96 bits per heavy atom. The first-order valence-electron chi connectivity index (χ1n) is 6.48. The zero-order valence-corrected chi connectivity index (χ0v) is 14.0. The van der Waals surface area contributed by atoms with E-state index in [1.54, 1.807) is 24.3 Å². The molecular weight excluding hydrogens is 370 g/mol. The molecule has 0 fully saturated rings. The molecule has 0 radical (unpaired) electrons. The van der Waals surface area contributed by atoms with Gasteiger partial charge in [0.05, 0.1) is 19.9 Å². The summed E-state index contributed by atoms with van der Waals surface area (Å²) in [6.45, 7) is -0.461. The molecule has 7 nitrogen and oxygen atoms in total. The fourth-order valence-electron chi connectivity index (χ4n) is 1.72. The third-order valence-corrected chi connectivity index (χ3v) is 3.22. The molecule has 1 heterocycles. The third kappa shape index (κ3) is 4.49. The Kier molecular flexibility index (Phi) is 5.64. The fourth-order valence-corrected chi connectivity index (χ4v) is 2.03. The summed E-state index contributed by atoms with van der Waals surface area (Å²) in [7, 11) is 2.99. The molecule has 1 amide bonds. The van der Waals surface area contributed by atoms with Crippen molar-refractivity contribution < 1.29 is 28.2 Å². The smallest absolute Gasteiger partial charge is 0.374 e. The normalized spacial score (nSPS) is 10.0. The number of hydrogen-bond donors (Lipinski definition) is 1. The van der Waals surface area contributed by atoms with Gasteiger partial charge in [0.15, 0.2) is 11.3 Å². The van der Waals surface area contributed by atoms with Crippen LogP contribution in [0.25, 0.3) is 0 Å². The zero-order chi connectivity index (χ0) is 16.8. The largest absolute Gasteiger partial charge is 0.497 e. The average Bonchev–Trinajstić information content (AvgIpc) is 2.99. The van der Waals surface area contributed by atoms with E-state index in [0.717, 1.165) is 0 Å². The number of methoxy groups -OCH3 is 2. The number of benzene rings is 1. The molecule has 0 bridgehead atoms. The summed E-state index contributed by atoms with van der Waals surface area (Å²) in [4.78, 5) is 23.6. The van der Waals surface area contributed by atoms with Gasteiger partial charge in [-0.3, -0.25) is 4.79 Å². The van der Waals surface area contributed by atoms with Gasteiger partial charge in [-0.2, -0.15) is 0 Å². The van der Waals surface area contributed by atoms with Crippen molar-refractivity contribution >= 4 is 33.5 Å². The molecular formula is C15H14BrNO6. The number of rotatable bonds is 6. The minimum atomic E-state index is -0.733. The third-order valence-electron chi connectivity index (χ3n) is 2.79. The Morgan fingerprint density at radius 1 is 1.17 bits per heavy atom. The molecule has 0 spiro atoms. The number of furan rings is 1. The number of carbonyl (C=O) groups excluding carboxylic acids is 2. The number of hydrogen-bond acceptors (Lipinski definition) is 6. The summed E-state index contributed by atoms with van der Waals surface area (Å²) in [5, 5.41) is 2.59. The summed E-state index contributed by atoms with van der Waals surface area (Å²) in [5.41, 5.74) is 0.411. The zero-order valence-electron chi connectivity index (χ0n) is 12.4. The second-order valence-corrected chi connectivity index (χ2v) is 5.08. The number of nitrogens with one attached hydrogen (secondary N) is 1. The molecule has 0 saturated heterocycles. The summed E-state index contributed by atoms with van der Waals surface area (Å²) >= 11 is 3.07. The molecule has 0 unspecified atom stereocenters. The summed E-state index contributed by atoms with van der Waals surface area (Å²) < 4.78 is 20.5. The highest BCUT2D eigenvalue weighted by molar-refractivity contribution is 9.10. The predicted octanol–water partition coefficient (Wildman–Crippen LogP) is 2.85. The van der Waals surface area contributed by atoms with Gasteiger partial charge in [-0.25, -0.2) is 4.79 Å². The molecule has 1 aromatic heterocycles. The Hall–Kier alpha value is -2.48. The highest BCUT2D eigenvalue weighted by Crippen LogP contribution is 2.28. The summed E-state index contributed by atoms with van der Waals surface area (Å²) in [6, 6.07) is 7.94. The van der Waals surface area contributed by atoms with Crippen LogP contribution in [-0.2, 0) is 9.53 Å². The Morgan fingerprint density at radius 3 is 2.57 bits per heavy atom. The predicted molar refractivity (Wildman–Crippen MR) is 84.9 cm³/mol. The topological polar surface area (TPSA) is 87.0 Å². The van der Waals surface area contributed by atoms with E-state index < -0.39 is 18.5 Å². The van der Waals surface area contributed by atoms with E-state index in [-0.39, 0.29) is 5.76 Å². The molecule has 0 saturated carbocycles.